The third kappa shape index (κ3) is 4.84. The number of nitrogens with two attached hydrogens (primary N) is 2. The van der Waals surface area contributed by atoms with E-state index in [0.717, 1.165) is 23.4 Å². The van der Waals surface area contributed by atoms with Crippen LogP contribution in [0, 0.1) is 0 Å². The predicted octanol–water partition coefficient (Wildman–Crippen LogP) is 1.52. The van der Waals surface area contributed by atoms with Gasteiger partial charge >= 0.3 is 0 Å². The SMILES string of the molecule is CCCC(N)c1nc(C(=O)NCc2ccc(S(N)(=O)=O)cc2)cs1. The summed E-state index contributed by atoms with van der Waals surface area (Å²) >= 11 is 1.37. The highest BCUT2D eigenvalue weighted by atomic mass is 32.2. The Morgan fingerprint density at radius 1 is 1.33 bits per heavy atom. The molecule has 1 heterocycles. The molecular formula is C15H20N4O3S2. The summed E-state index contributed by atoms with van der Waals surface area (Å²) in [5.74, 6) is -0.295. The lowest BCUT2D eigenvalue weighted by atomic mass is 10.2. The van der Waals surface area contributed by atoms with E-state index < -0.39 is 10.0 Å². The molecule has 2 aromatic rings. The van der Waals surface area contributed by atoms with Crippen molar-refractivity contribution < 1.29 is 13.2 Å². The molecule has 130 valence electrons. The molecule has 0 bridgehead atoms. The fourth-order valence-electron chi connectivity index (χ4n) is 2.07. The van der Waals surface area contributed by atoms with Gasteiger partial charge in [-0.2, -0.15) is 0 Å². The first-order valence-electron chi connectivity index (χ1n) is 7.42. The second-order valence-corrected chi connectivity index (χ2v) is 7.79. The lowest BCUT2D eigenvalue weighted by molar-refractivity contribution is 0.0946. The maximum Gasteiger partial charge on any atom is 0.271 e. The van der Waals surface area contributed by atoms with E-state index in [1.54, 1.807) is 17.5 Å². The van der Waals surface area contributed by atoms with Crippen molar-refractivity contribution in [3.8, 4) is 0 Å². The van der Waals surface area contributed by atoms with E-state index in [9.17, 15) is 13.2 Å². The second kappa shape index (κ2) is 7.84. The molecule has 1 aromatic heterocycles. The van der Waals surface area contributed by atoms with Crippen molar-refractivity contribution in [1.29, 1.82) is 0 Å². The zero-order valence-corrected chi connectivity index (χ0v) is 14.9. The Labute approximate surface area is 145 Å². The molecule has 1 amide bonds. The molecule has 1 aromatic carbocycles. The van der Waals surface area contributed by atoms with Crippen LogP contribution in [0.3, 0.4) is 0 Å². The summed E-state index contributed by atoms with van der Waals surface area (Å²) in [4.78, 5) is 16.4. The molecule has 2 rings (SSSR count). The molecule has 0 saturated carbocycles. The Bertz CT molecular complexity index is 800. The summed E-state index contributed by atoms with van der Waals surface area (Å²) in [6.07, 6.45) is 1.78. The molecule has 9 heteroatoms. The van der Waals surface area contributed by atoms with Crippen LogP contribution in [0.4, 0.5) is 0 Å². The first-order chi connectivity index (χ1) is 11.3. The lowest BCUT2D eigenvalue weighted by Gasteiger charge is -2.06. The van der Waals surface area contributed by atoms with Gasteiger partial charge in [-0.15, -0.1) is 11.3 Å². The van der Waals surface area contributed by atoms with Gasteiger partial charge in [-0.3, -0.25) is 4.79 Å². The van der Waals surface area contributed by atoms with Crippen molar-refractivity contribution >= 4 is 27.3 Å². The Kier molecular flexibility index (Phi) is 6.05. The average Bonchev–Trinajstić information content (AvgIpc) is 3.02. The average molecular weight is 368 g/mol. The van der Waals surface area contributed by atoms with Crippen LogP contribution in [-0.2, 0) is 16.6 Å². The minimum Gasteiger partial charge on any atom is -0.347 e. The van der Waals surface area contributed by atoms with E-state index >= 15 is 0 Å². The highest BCUT2D eigenvalue weighted by molar-refractivity contribution is 7.89. The number of sulfonamides is 1. The van der Waals surface area contributed by atoms with Gasteiger partial charge in [0, 0.05) is 11.9 Å². The number of aromatic nitrogens is 1. The van der Waals surface area contributed by atoms with Crippen LogP contribution in [0.2, 0.25) is 0 Å². The number of carbonyl (C=O) groups excluding carboxylic acids is 1. The molecule has 0 radical (unpaired) electrons. The highest BCUT2D eigenvalue weighted by Crippen LogP contribution is 2.20. The van der Waals surface area contributed by atoms with Crippen molar-refractivity contribution in [2.24, 2.45) is 10.9 Å². The standard InChI is InChI=1S/C15H20N4O3S2/c1-2-3-12(16)15-19-13(9-23-15)14(20)18-8-10-4-6-11(7-5-10)24(17,21)22/h4-7,9,12H,2-3,8,16H2,1H3,(H,18,20)(H2,17,21,22). The van der Waals surface area contributed by atoms with Gasteiger partial charge in [0.1, 0.15) is 10.7 Å². The first kappa shape index (κ1) is 18.5. The minimum absolute atomic E-state index is 0.0339. The Morgan fingerprint density at radius 3 is 2.58 bits per heavy atom. The summed E-state index contributed by atoms with van der Waals surface area (Å²) in [6.45, 7) is 2.31. The molecule has 1 atom stereocenters. The Balaban J connectivity index is 1.96. The molecule has 0 aliphatic heterocycles. The number of amides is 1. The topological polar surface area (TPSA) is 128 Å². The molecular weight excluding hydrogens is 348 g/mol. The monoisotopic (exact) mass is 368 g/mol. The van der Waals surface area contributed by atoms with Crippen LogP contribution in [-0.4, -0.2) is 19.3 Å². The van der Waals surface area contributed by atoms with Crippen molar-refractivity contribution in [3.63, 3.8) is 0 Å². The summed E-state index contributed by atoms with van der Waals surface area (Å²) in [6, 6.07) is 5.86. The third-order valence-corrected chi connectivity index (χ3v) is 5.28. The maximum atomic E-state index is 12.1. The van der Waals surface area contributed by atoms with Crippen LogP contribution >= 0.6 is 11.3 Å². The number of rotatable bonds is 7. The van der Waals surface area contributed by atoms with Gasteiger partial charge in [-0.1, -0.05) is 25.5 Å². The number of carbonyl (C=O) groups is 1. The Hall–Kier alpha value is -1.81. The van der Waals surface area contributed by atoms with Gasteiger partial charge in [0.2, 0.25) is 10.0 Å². The smallest absolute Gasteiger partial charge is 0.271 e. The number of hydrogen-bond acceptors (Lipinski definition) is 6. The minimum atomic E-state index is -3.71. The van der Waals surface area contributed by atoms with E-state index in [1.165, 1.54) is 23.5 Å². The van der Waals surface area contributed by atoms with Crippen molar-refractivity contribution in [2.45, 2.75) is 37.2 Å². The maximum absolute atomic E-state index is 12.1. The molecule has 0 fully saturated rings. The van der Waals surface area contributed by atoms with Crippen LogP contribution in [0.25, 0.3) is 0 Å². The van der Waals surface area contributed by atoms with E-state index in [2.05, 4.69) is 10.3 Å². The van der Waals surface area contributed by atoms with Crippen LogP contribution in [0.15, 0.2) is 34.5 Å². The van der Waals surface area contributed by atoms with E-state index in [0.29, 0.717) is 5.69 Å². The van der Waals surface area contributed by atoms with Crippen LogP contribution in [0.5, 0.6) is 0 Å². The quantitative estimate of drug-likeness (QED) is 0.682. The van der Waals surface area contributed by atoms with Crippen molar-refractivity contribution in [3.05, 3.63) is 45.9 Å². The normalized spacial score (nSPS) is 12.8. The van der Waals surface area contributed by atoms with Gasteiger partial charge in [0.25, 0.3) is 5.91 Å². The summed E-state index contributed by atoms with van der Waals surface area (Å²) in [7, 11) is -3.71. The fourth-order valence-corrected chi connectivity index (χ4v) is 3.42. The molecule has 5 N–H and O–H groups in total. The number of hydrogen-bond donors (Lipinski definition) is 3. The molecule has 0 spiro atoms. The number of nitrogens with one attached hydrogen (secondary N) is 1. The Morgan fingerprint density at radius 2 is 2.00 bits per heavy atom. The van der Waals surface area contributed by atoms with Crippen LogP contribution in [0.1, 0.15) is 46.9 Å². The predicted molar refractivity (Wildman–Crippen MR) is 92.9 cm³/mol. The van der Waals surface area contributed by atoms with E-state index in [-0.39, 0.29) is 23.4 Å². The largest absolute Gasteiger partial charge is 0.347 e. The van der Waals surface area contributed by atoms with E-state index in [1.807, 2.05) is 6.92 Å². The zero-order valence-electron chi connectivity index (χ0n) is 13.2. The summed E-state index contributed by atoms with van der Waals surface area (Å²) in [5, 5.41) is 10.2. The fraction of sp³-hybridized carbons (Fsp3) is 0.333. The van der Waals surface area contributed by atoms with E-state index in [4.69, 9.17) is 10.9 Å². The van der Waals surface area contributed by atoms with Gasteiger partial charge in [-0.25, -0.2) is 18.5 Å². The molecule has 0 saturated heterocycles. The third-order valence-electron chi connectivity index (χ3n) is 3.38. The zero-order chi connectivity index (χ0) is 17.7. The highest BCUT2D eigenvalue weighted by Gasteiger charge is 2.14. The molecule has 0 aliphatic rings. The molecule has 7 nitrogen and oxygen atoms in total. The van der Waals surface area contributed by atoms with Gasteiger partial charge in [0.05, 0.1) is 10.9 Å². The van der Waals surface area contributed by atoms with Crippen molar-refractivity contribution in [2.75, 3.05) is 0 Å². The van der Waals surface area contributed by atoms with Gasteiger partial charge in [-0.05, 0) is 24.1 Å². The molecule has 24 heavy (non-hydrogen) atoms. The number of primary sulfonamides is 1. The number of thiazole rings is 1. The van der Waals surface area contributed by atoms with Gasteiger partial charge in [0.15, 0.2) is 0 Å². The van der Waals surface area contributed by atoms with Gasteiger partial charge < -0.3 is 11.1 Å². The van der Waals surface area contributed by atoms with Crippen LogP contribution < -0.4 is 16.2 Å². The molecule has 1 unspecified atom stereocenters. The second-order valence-electron chi connectivity index (χ2n) is 5.34. The number of nitrogens with zero attached hydrogens (tertiary/aromatic N) is 1. The summed E-state index contributed by atoms with van der Waals surface area (Å²) < 4.78 is 22.4. The molecule has 0 aliphatic carbocycles. The lowest BCUT2D eigenvalue weighted by Crippen LogP contribution is -2.23. The van der Waals surface area contributed by atoms with Crippen molar-refractivity contribution in [1.82, 2.24) is 10.3 Å². The first-order valence-corrected chi connectivity index (χ1v) is 9.84. The number of benzene rings is 1. The summed E-state index contributed by atoms with van der Waals surface area (Å²) in [5.41, 5.74) is 7.08.